The highest BCUT2D eigenvalue weighted by Gasteiger charge is 2.07. The first-order valence-corrected chi connectivity index (χ1v) is 3.34. The molecule has 1 N–H and O–H groups in total. The number of aromatic nitrogens is 1. The van der Waals surface area contributed by atoms with Gasteiger partial charge in [0.05, 0.1) is 13.7 Å². The topological polar surface area (TPSA) is 46.5 Å². The number of aryl methyl sites for hydroxylation is 1. The monoisotopic (exact) mass is 164 g/mol. The third-order valence-corrected chi connectivity index (χ3v) is 1.44. The Labute approximate surface area is 69.6 Å². The van der Waals surface area contributed by atoms with Gasteiger partial charge in [-0.2, -0.15) is 0 Å². The summed E-state index contributed by atoms with van der Waals surface area (Å²) in [5.41, 5.74) is 0.286. The lowest BCUT2D eigenvalue weighted by atomic mass is 10.3. The van der Waals surface area contributed by atoms with Crippen LogP contribution in [-0.2, 0) is 0 Å². The fraction of sp³-hybridized carbons (Fsp3) is 0.250. The number of methoxy groups -OCH3 is 1. The quantitative estimate of drug-likeness (QED) is 0.635. The maximum Gasteiger partial charge on any atom is 0.291 e. The van der Waals surface area contributed by atoms with E-state index in [0.29, 0.717) is 11.4 Å². The number of hydrogen-bond acceptors (Lipinski definition) is 2. The van der Waals surface area contributed by atoms with Crippen molar-refractivity contribution in [2.45, 2.75) is 6.92 Å². The fourth-order valence-corrected chi connectivity index (χ4v) is 0.913. The van der Waals surface area contributed by atoms with E-state index in [9.17, 15) is 4.79 Å². The summed E-state index contributed by atoms with van der Waals surface area (Å²) in [5.74, 6) is 0.325. The van der Waals surface area contributed by atoms with Crippen LogP contribution in [0.1, 0.15) is 5.69 Å². The molecule has 0 unspecified atom stereocenters. The van der Waals surface area contributed by atoms with Crippen LogP contribution in [0.15, 0.2) is 10.9 Å². The third kappa shape index (κ3) is 1.30. The summed E-state index contributed by atoms with van der Waals surface area (Å²) in [7, 11) is 1.43. The van der Waals surface area contributed by atoms with Crippen molar-refractivity contribution in [2.75, 3.05) is 7.11 Å². The van der Waals surface area contributed by atoms with Crippen molar-refractivity contribution in [3.8, 4) is 5.75 Å². The molecule has 0 amide bonds. The zero-order valence-electron chi connectivity index (χ0n) is 6.84. The molecule has 0 fully saturated rings. The maximum absolute atomic E-state index is 11.1. The van der Waals surface area contributed by atoms with Crippen molar-refractivity contribution >= 4 is 5.69 Å². The Morgan fingerprint density at radius 1 is 1.67 bits per heavy atom. The average molecular weight is 164 g/mol. The largest absolute Gasteiger partial charge is 0.508 e. The second kappa shape index (κ2) is 3.09. The lowest BCUT2D eigenvalue weighted by Crippen LogP contribution is -2.07. The minimum absolute atomic E-state index is 0.00287. The van der Waals surface area contributed by atoms with Gasteiger partial charge in [0, 0.05) is 5.69 Å². The van der Waals surface area contributed by atoms with Crippen LogP contribution in [0, 0.1) is 13.5 Å². The average Bonchev–Trinajstić information content (AvgIpc) is 2.03. The Bertz CT molecular complexity index is 387. The predicted octanol–water partition coefficient (Wildman–Crippen LogP) is 1.24. The Kier molecular flexibility index (Phi) is 2.15. The van der Waals surface area contributed by atoms with E-state index in [1.54, 1.807) is 13.0 Å². The highest BCUT2D eigenvalue weighted by atomic mass is 16.5. The minimum Gasteiger partial charge on any atom is -0.508 e. The molecule has 0 saturated carbocycles. The number of pyridine rings is 1. The number of hydrogen-bond donors (Lipinski definition) is 1. The smallest absolute Gasteiger partial charge is 0.291 e. The summed E-state index contributed by atoms with van der Waals surface area (Å²) in [6.45, 7) is 8.46. The molecule has 1 aromatic rings. The molecule has 0 aliphatic rings. The van der Waals surface area contributed by atoms with Crippen LogP contribution < -0.4 is 10.3 Å². The van der Waals surface area contributed by atoms with Crippen LogP contribution in [0.5, 0.6) is 5.75 Å². The van der Waals surface area contributed by atoms with Crippen LogP contribution >= 0.6 is 0 Å². The number of ether oxygens (including phenoxy) is 1. The molecular formula is C8H8N2O2. The highest BCUT2D eigenvalue weighted by molar-refractivity contribution is 5.55. The molecule has 1 heterocycles. The van der Waals surface area contributed by atoms with Gasteiger partial charge in [-0.1, -0.05) is 0 Å². The molecule has 1 rings (SSSR count). The predicted molar refractivity (Wildman–Crippen MR) is 44.6 cm³/mol. The van der Waals surface area contributed by atoms with E-state index < -0.39 is 5.56 Å². The molecule has 12 heavy (non-hydrogen) atoms. The molecule has 0 spiro atoms. The van der Waals surface area contributed by atoms with Gasteiger partial charge in [0.15, 0.2) is 0 Å². The molecule has 0 saturated heterocycles. The Morgan fingerprint density at radius 3 is 2.83 bits per heavy atom. The molecule has 0 aliphatic carbocycles. The van der Waals surface area contributed by atoms with Gasteiger partial charge >= 0.3 is 0 Å². The standard InChI is InChI=1S/C8H8N2O2/c1-5-4-6(12-3)7(9-2)8(11)10-5/h4H,1,3H3,(H,10,11). The Balaban J connectivity index is 3.47. The minimum atomic E-state index is -0.401. The van der Waals surface area contributed by atoms with Crippen LogP contribution in [0.25, 0.3) is 4.85 Å². The van der Waals surface area contributed by atoms with Gasteiger partial charge < -0.3 is 9.72 Å². The van der Waals surface area contributed by atoms with E-state index in [-0.39, 0.29) is 5.69 Å². The summed E-state index contributed by atoms with van der Waals surface area (Å²) in [4.78, 5) is 16.7. The van der Waals surface area contributed by atoms with Crippen LogP contribution in [-0.4, -0.2) is 12.1 Å². The van der Waals surface area contributed by atoms with Gasteiger partial charge in [-0.15, -0.1) is 0 Å². The van der Waals surface area contributed by atoms with Crippen LogP contribution in [0.4, 0.5) is 5.69 Å². The van der Waals surface area contributed by atoms with Gasteiger partial charge in [0.2, 0.25) is 0 Å². The van der Waals surface area contributed by atoms with E-state index in [4.69, 9.17) is 11.3 Å². The Hall–Kier alpha value is -1.76. The van der Waals surface area contributed by atoms with Gasteiger partial charge in [-0.3, -0.25) is 4.79 Å². The third-order valence-electron chi connectivity index (χ3n) is 1.44. The number of nitrogens with zero attached hydrogens (tertiary/aromatic N) is 1. The van der Waals surface area contributed by atoms with Crippen molar-refractivity contribution in [1.29, 1.82) is 0 Å². The molecule has 0 aromatic carbocycles. The summed E-state index contributed by atoms with van der Waals surface area (Å²) in [5, 5.41) is 0. The number of nitrogens with one attached hydrogen (secondary N) is 1. The molecule has 0 aliphatic heterocycles. The lowest BCUT2D eigenvalue weighted by molar-refractivity contribution is 0.416. The van der Waals surface area contributed by atoms with E-state index >= 15 is 0 Å². The first kappa shape index (κ1) is 8.34. The van der Waals surface area contributed by atoms with Gasteiger partial charge in [0.1, 0.15) is 5.75 Å². The summed E-state index contributed by atoms with van der Waals surface area (Å²) >= 11 is 0. The van der Waals surface area contributed by atoms with E-state index in [1.165, 1.54) is 7.11 Å². The first-order chi connectivity index (χ1) is 5.69. The fourth-order valence-electron chi connectivity index (χ4n) is 0.913. The van der Waals surface area contributed by atoms with Crippen molar-refractivity contribution in [1.82, 2.24) is 4.98 Å². The molecule has 4 nitrogen and oxygen atoms in total. The zero-order chi connectivity index (χ0) is 9.14. The van der Waals surface area contributed by atoms with E-state index in [2.05, 4.69) is 9.83 Å². The summed E-state index contributed by atoms with van der Waals surface area (Å²) in [6, 6.07) is 1.62. The van der Waals surface area contributed by atoms with Crippen molar-refractivity contribution < 1.29 is 4.74 Å². The van der Waals surface area contributed by atoms with Crippen molar-refractivity contribution in [2.24, 2.45) is 0 Å². The zero-order valence-corrected chi connectivity index (χ0v) is 6.84. The van der Waals surface area contributed by atoms with Crippen molar-refractivity contribution in [3.05, 3.63) is 33.5 Å². The first-order valence-electron chi connectivity index (χ1n) is 3.34. The molecule has 0 atom stereocenters. The van der Waals surface area contributed by atoms with E-state index in [0.717, 1.165) is 0 Å². The molecule has 62 valence electrons. The normalized spacial score (nSPS) is 9.08. The Morgan fingerprint density at radius 2 is 2.33 bits per heavy atom. The SMILES string of the molecule is [C-]#[N+]c1c(OC)cc(C)[nH]c1=O. The lowest BCUT2D eigenvalue weighted by Gasteiger charge is -2.01. The molecule has 1 aromatic heterocycles. The molecule has 4 heteroatoms. The molecular weight excluding hydrogens is 156 g/mol. The highest BCUT2D eigenvalue weighted by Crippen LogP contribution is 2.22. The summed E-state index contributed by atoms with van der Waals surface area (Å²) < 4.78 is 4.86. The van der Waals surface area contributed by atoms with Crippen molar-refractivity contribution in [3.63, 3.8) is 0 Å². The number of aromatic amines is 1. The summed E-state index contributed by atoms with van der Waals surface area (Å²) in [6.07, 6.45) is 0. The second-order valence-corrected chi connectivity index (χ2v) is 2.31. The maximum atomic E-state index is 11.1. The van der Waals surface area contributed by atoms with Gasteiger partial charge in [-0.05, 0) is 13.0 Å². The van der Waals surface area contributed by atoms with Gasteiger partial charge in [0.25, 0.3) is 11.2 Å². The number of rotatable bonds is 1. The van der Waals surface area contributed by atoms with E-state index in [1.807, 2.05) is 0 Å². The van der Waals surface area contributed by atoms with Crippen LogP contribution in [0.2, 0.25) is 0 Å². The molecule has 0 bridgehead atoms. The second-order valence-electron chi connectivity index (χ2n) is 2.31. The molecule has 0 radical (unpaired) electrons. The number of H-pyrrole nitrogens is 1. The van der Waals surface area contributed by atoms with Gasteiger partial charge in [-0.25, -0.2) is 4.85 Å². The van der Waals surface area contributed by atoms with Crippen LogP contribution in [0.3, 0.4) is 0 Å².